The van der Waals surface area contributed by atoms with E-state index in [4.69, 9.17) is 26.2 Å². The molecule has 0 aromatic heterocycles. The number of nitrogens with zero attached hydrogens (tertiary/aromatic N) is 3. The van der Waals surface area contributed by atoms with Gasteiger partial charge in [-0.3, -0.25) is 4.79 Å². The highest BCUT2D eigenvalue weighted by molar-refractivity contribution is 6.30. The summed E-state index contributed by atoms with van der Waals surface area (Å²) in [5.41, 5.74) is 2.58. The Kier molecular flexibility index (Phi) is 4.62. The van der Waals surface area contributed by atoms with Crippen LogP contribution in [-0.4, -0.2) is 47.5 Å². The van der Waals surface area contributed by atoms with Crippen molar-refractivity contribution in [1.82, 2.24) is 9.91 Å². The third-order valence-corrected chi connectivity index (χ3v) is 6.63. The summed E-state index contributed by atoms with van der Waals surface area (Å²) in [5.74, 6) is 1.63. The number of rotatable bonds is 2. The van der Waals surface area contributed by atoms with Gasteiger partial charge in [0.15, 0.2) is 11.5 Å². The van der Waals surface area contributed by atoms with Crippen LogP contribution in [0.25, 0.3) is 0 Å². The maximum Gasteiger partial charge on any atom is 0.219 e. The second kappa shape index (κ2) is 7.20. The lowest BCUT2D eigenvalue weighted by Crippen LogP contribution is -2.59. The Labute approximate surface area is 181 Å². The molecule has 0 N–H and O–H groups in total. The van der Waals surface area contributed by atoms with Crippen LogP contribution in [0, 0.1) is 0 Å². The molecule has 1 amide bonds. The lowest BCUT2D eigenvalue weighted by Gasteiger charge is -2.51. The van der Waals surface area contributed by atoms with E-state index in [1.54, 1.807) is 14.0 Å². The molecule has 3 heterocycles. The van der Waals surface area contributed by atoms with Crippen LogP contribution in [0.2, 0.25) is 5.02 Å². The number of carbonyl (C=O) groups excluding carboxylic acids is 1. The van der Waals surface area contributed by atoms with Gasteiger partial charge in [0, 0.05) is 49.9 Å². The molecule has 3 aliphatic rings. The number of hydrogen-bond donors (Lipinski definition) is 0. The van der Waals surface area contributed by atoms with E-state index in [1.807, 2.05) is 41.3 Å². The number of benzene rings is 2. The minimum atomic E-state index is -0.591. The standard InChI is InChI=1S/C23H24ClN3O3/c1-15(28)26-12-10-23(11-13-26)27-20(18-4-3-5-21(29-2)22(18)30-23)14-19(25-27)16-6-8-17(24)9-7-16/h3-9,20H,10-14H2,1-2H3/t20-/m1/s1. The van der Waals surface area contributed by atoms with Gasteiger partial charge in [-0.2, -0.15) is 5.10 Å². The third-order valence-electron chi connectivity index (χ3n) is 6.38. The predicted octanol–water partition coefficient (Wildman–Crippen LogP) is 4.23. The lowest BCUT2D eigenvalue weighted by atomic mass is 9.90. The molecule has 1 atom stereocenters. The molecule has 5 rings (SSSR count). The van der Waals surface area contributed by atoms with Gasteiger partial charge in [0.25, 0.3) is 0 Å². The van der Waals surface area contributed by atoms with Crippen molar-refractivity contribution in [2.24, 2.45) is 5.10 Å². The molecule has 6 nitrogen and oxygen atoms in total. The number of amides is 1. The van der Waals surface area contributed by atoms with Crippen LogP contribution in [0.5, 0.6) is 11.5 Å². The molecule has 0 unspecified atom stereocenters. The topological polar surface area (TPSA) is 54.4 Å². The van der Waals surface area contributed by atoms with Crippen molar-refractivity contribution in [3.63, 3.8) is 0 Å². The van der Waals surface area contributed by atoms with E-state index in [9.17, 15) is 4.79 Å². The van der Waals surface area contributed by atoms with Crippen molar-refractivity contribution >= 4 is 23.2 Å². The molecule has 0 saturated carbocycles. The number of hydrogen-bond acceptors (Lipinski definition) is 5. The number of hydrazone groups is 1. The Bertz CT molecular complexity index is 1010. The van der Waals surface area contributed by atoms with Crippen LogP contribution in [0.1, 0.15) is 43.4 Å². The van der Waals surface area contributed by atoms with Crippen molar-refractivity contribution in [3.8, 4) is 11.5 Å². The fraction of sp³-hybridized carbons (Fsp3) is 0.391. The van der Waals surface area contributed by atoms with Crippen LogP contribution in [0.3, 0.4) is 0 Å². The zero-order valence-corrected chi connectivity index (χ0v) is 17.9. The Morgan fingerprint density at radius 1 is 1.20 bits per heavy atom. The molecule has 2 aromatic carbocycles. The van der Waals surface area contributed by atoms with Gasteiger partial charge < -0.3 is 14.4 Å². The van der Waals surface area contributed by atoms with Gasteiger partial charge in [0.05, 0.1) is 18.9 Å². The maximum atomic E-state index is 11.9. The highest BCUT2D eigenvalue weighted by Gasteiger charge is 2.52. The number of ether oxygens (including phenoxy) is 2. The minimum absolute atomic E-state index is 0.0680. The summed E-state index contributed by atoms with van der Waals surface area (Å²) < 4.78 is 12.3. The van der Waals surface area contributed by atoms with E-state index in [1.165, 1.54) is 0 Å². The zero-order chi connectivity index (χ0) is 20.9. The molecule has 1 saturated heterocycles. The average Bonchev–Trinajstić information content (AvgIpc) is 3.21. The first-order valence-corrected chi connectivity index (χ1v) is 10.6. The van der Waals surface area contributed by atoms with Gasteiger partial charge in [-0.05, 0) is 23.8 Å². The van der Waals surface area contributed by atoms with Crippen molar-refractivity contribution in [2.45, 2.75) is 38.0 Å². The third kappa shape index (κ3) is 3.01. The lowest BCUT2D eigenvalue weighted by molar-refractivity contribution is -0.159. The fourth-order valence-corrected chi connectivity index (χ4v) is 4.87. The minimum Gasteiger partial charge on any atom is -0.493 e. The maximum absolute atomic E-state index is 11.9. The first-order chi connectivity index (χ1) is 14.5. The zero-order valence-electron chi connectivity index (χ0n) is 17.1. The summed E-state index contributed by atoms with van der Waals surface area (Å²) in [5, 5.41) is 7.89. The number of methoxy groups -OCH3 is 1. The van der Waals surface area contributed by atoms with Gasteiger partial charge in [0.1, 0.15) is 0 Å². The van der Waals surface area contributed by atoms with Crippen molar-refractivity contribution in [1.29, 1.82) is 0 Å². The first kappa shape index (κ1) is 19.2. The number of para-hydroxylation sites is 1. The Morgan fingerprint density at radius 2 is 1.93 bits per heavy atom. The molecular weight excluding hydrogens is 402 g/mol. The van der Waals surface area contributed by atoms with Gasteiger partial charge >= 0.3 is 0 Å². The quantitative estimate of drug-likeness (QED) is 0.722. The number of fused-ring (bicyclic) bond motifs is 4. The molecule has 0 radical (unpaired) electrons. The molecule has 156 valence electrons. The highest BCUT2D eigenvalue weighted by atomic mass is 35.5. The normalized spacial score (nSPS) is 21.6. The van der Waals surface area contributed by atoms with E-state index < -0.39 is 5.72 Å². The van der Waals surface area contributed by atoms with Crippen molar-refractivity contribution in [3.05, 3.63) is 58.6 Å². The van der Waals surface area contributed by atoms with E-state index in [-0.39, 0.29) is 11.9 Å². The van der Waals surface area contributed by atoms with Crippen LogP contribution in [-0.2, 0) is 4.79 Å². The van der Waals surface area contributed by atoms with Crippen LogP contribution in [0.4, 0.5) is 0 Å². The first-order valence-electron chi connectivity index (χ1n) is 10.2. The molecule has 2 aromatic rings. The van der Waals surface area contributed by atoms with E-state index >= 15 is 0 Å². The number of carbonyl (C=O) groups is 1. The van der Waals surface area contributed by atoms with Crippen LogP contribution in [0.15, 0.2) is 47.6 Å². The molecule has 3 aliphatic heterocycles. The molecule has 7 heteroatoms. The smallest absolute Gasteiger partial charge is 0.219 e. The second-order valence-corrected chi connectivity index (χ2v) is 8.49. The molecule has 0 bridgehead atoms. The Morgan fingerprint density at radius 3 is 2.60 bits per heavy atom. The van der Waals surface area contributed by atoms with Crippen LogP contribution < -0.4 is 9.47 Å². The van der Waals surface area contributed by atoms with Crippen molar-refractivity contribution in [2.75, 3.05) is 20.2 Å². The fourth-order valence-electron chi connectivity index (χ4n) is 4.75. The van der Waals surface area contributed by atoms with Gasteiger partial charge in [0.2, 0.25) is 11.6 Å². The van der Waals surface area contributed by atoms with Gasteiger partial charge in [-0.25, -0.2) is 5.01 Å². The molecule has 1 fully saturated rings. The SMILES string of the molecule is COc1cccc2c1OC1(CCN(C(C)=O)CC1)N1N=C(c3ccc(Cl)cc3)C[C@H]21. The van der Waals surface area contributed by atoms with E-state index in [2.05, 4.69) is 11.1 Å². The summed E-state index contributed by atoms with van der Waals surface area (Å²) in [7, 11) is 1.67. The average molecular weight is 426 g/mol. The van der Waals surface area contributed by atoms with E-state index in [0.29, 0.717) is 31.0 Å². The van der Waals surface area contributed by atoms with Crippen molar-refractivity contribution < 1.29 is 14.3 Å². The summed E-state index contributed by atoms with van der Waals surface area (Å²) >= 11 is 6.08. The van der Waals surface area contributed by atoms with Gasteiger partial charge in [-0.15, -0.1) is 0 Å². The molecular formula is C23H24ClN3O3. The summed E-state index contributed by atoms with van der Waals surface area (Å²) in [4.78, 5) is 13.8. The molecule has 30 heavy (non-hydrogen) atoms. The second-order valence-electron chi connectivity index (χ2n) is 8.05. The molecule has 1 spiro atoms. The summed E-state index contributed by atoms with van der Waals surface area (Å²) in [6, 6.07) is 13.9. The van der Waals surface area contributed by atoms with Crippen LogP contribution >= 0.6 is 11.6 Å². The number of halogens is 1. The largest absolute Gasteiger partial charge is 0.493 e. The van der Waals surface area contributed by atoms with E-state index in [0.717, 1.165) is 34.8 Å². The predicted molar refractivity (Wildman–Crippen MR) is 115 cm³/mol. The Balaban J connectivity index is 1.57. The Hall–Kier alpha value is -2.73. The molecule has 0 aliphatic carbocycles. The monoisotopic (exact) mass is 425 g/mol. The van der Waals surface area contributed by atoms with Gasteiger partial charge in [-0.1, -0.05) is 35.9 Å². The summed E-state index contributed by atoms with van der Waals surface area (Å²) in [6.45, 7) is 2.91. The highest BCUT2D eigenvalue weighted by Crippen LogP contribution is 2.52. The number of likely N-dealkylation sites (tertiary alicyclic amines) is 1. The number of piperidine rings is 1. The summed E-state index contributed by atoms with van der Waals surface area (Å²) in [6.07, 6.45) is 2.17.